The molecular weight excluding hydrogens is 270 g/mol. The second-order valence-corrected chi connectivity index (χ2v) is 5.67. The summed E-state index contributed by atoms with van der Waals surface area (Å²) in [4.78, 5) is 17.5. The molecule has 1 saturated heterocycles. The van der Waals surface area contributed by atoms with E-state index in [9.17, 15) is 4.79 Å². The van der Waals surface area contributed by atoms with Crippen molar-refractivity contribution in [1.29, 1.82) is 0 Å². The zero-order valence-electron chi connectivity index (χ0n) is 10.7. The molecule has 0 spiro atoms. The molecule has 0 unspecified atom stereocenters. The number of aryl methyl sites for hydroxylation is 1. The van der Waals surface area contributed by atoms with E-state index in [1.54, 1.807) is 11.3 Å². The van der Waals surface area contributed by atoms with Gasteiger partial charge in [-0.15, -0.1) is 23.7 Å². The number of halogens is 1. The molecular formula is C12H20ClN3OS. The van der Waals surface area contributed by atoms with Crippen LogP contribution in [-0.4, -0.2) is 23.5 Å². The van der Waals surface area contributed by atoms with E-state index < -0.39 is 0 Å². The summed E-state index contributed by atoms with van der Waals surface area (Å²) in [5.41, 5.74) is 0. The minimum atomic E-state index is 0. The molecule has 4 nitrogen and oxygen atoms in total. The molecule has 2 heterocycles. The molecule has 102 valence electrons. The Balaban J connectivity index is 0.00000162. The van der Waals surface area contributed by atoms with Crippen LogP contribution >= 0.6 is 23.7 Å². The number of amides is 1. The Morgan fingerprint density at radius 3 is 3.06 bits per heavy atom. The first-order valence-electron chi connectivity index (χ1n) is 6.18. The van der Waals surface area contributed by atoms with Crippen LogP contribution in [0.3, 0.4) is 0 Å². The van der Waals surface area contributed by atoms with E-state index >= 15 is 0 Å². The van der Waals surface area contributed by atoms with Crippen LogP contribution in [0, 0.1) is 5.92 Å². The lowest BCUT2D eigenvalue weighted by molar-refractivity contribution is -0.120. The maximum Gasteiger partial charge on any atom is 0.229 e. The van der Waals surface area contributed by atoms with Gasteiger partial charge in [0.15, 0.2) is 5.13 Å². The molecule has 1 fully saturated rings. The van der Waals surface area contributed by atoms with E-state index in [2.05, 4.69) is 29.5 Å². The van der Waals surface area contributed by atoms with E-state index in [1.165, 1.54) is 4.88 Å². The summed E-state index contributed by atoms with van der Waals surface area (Å²) in [6, 6.07) is 0.432. The molecule has 0 aliphatic carbocycles. The second kappa shape index (κ2) is 7.07. The van der Waals surface area contributed by atoms with Crippen molar-refractivity contribution in [2.24, 2.45) is 5.92 Å². The fraction of sp³-hybridized carbons (Fsp3) is 0.667. The maximum atomic E-state index is 12.0. The van der Waals surface area contributed by atoms with Gasteiger partial charge in [0, 0.05) is 23.0 Å². The van der Waals surface area contributed by atoms with E-state index in [0.29, 0.717) is 6.04 Å². The van der Waals surface area contributed by atoms with Crippen molar-refractivity contribution in [2.45, 2.75) is 39.2 Å². The molecule has 2 rings (SSSR count). The smallest absolute Gasteiger partial charge is 0.229 e. The summed E-state index contributed by atoms with van der Waals surface area (Å²) in [6.07, 6.45) is 4.64. The Morgan fingerprint density at radius 2 is 2.44 bits per heavy atom. The number of carbonyl (C=O) groups excluding carboxylic acids is 1. The van der Waals surface area contributed by atoms with Crippen molar-refractivity contribution in [1.82, 2.24) is 10.3 Å². The van der Waals surface area contributed by atoms with Crippen molar-refractivity contribution in [3.05, 3.63) is 11.1 Å². The molecule has 0 bridgehead atoms. The molecule has 1 aliphatic rings. The van der Waals surface area contributed by atoms with Gasteiger partial charge in [0.05, 0.1) is 0 Å². The third-order valence-corrected chi connectivity index (χ3v) is 4.18. The van der Waals surface area contributed by atoms with Gasteiger partial charge in [-0.05, 0) is 32.7 Å². The minimum Gasteiger partial charge on any atom is -0.314 e. The number of piperidine rings is 1. The molecule has 1 aromatic rings. The average Bonchev–Trinajstić information content (AvgIpc) is 2.77. The Hall–Kier alpha value is -0.650. The van der Waals surface area contributed by atoms with Crippen molar-refractivity contribution in [3.63, 3.8) is 0 Å². The van der Waals surface area contributed by atoms with Gasteiger partial charge in [-0.3, -0.25) is 4.79 Å². The number of nitrogens with one attached hydrogen (secondary N) is 2. The number of hydrogen-bond donors (Lipinski definition) is 2. The zero-order valence-corrected chi connectivity index (χ0v) is 12.4. The van der Waals surface area contributed by atoms with Crippen LogP contribution in [-0.2, 0) is 11.2 Å². The highest BCUT2D eigenvalue weighted by molar-refractivity contribution is 7.15. The normalized spacial score (nSPS) is 23.2. The standard InChI is InChI=1S/C12H19N3OS.ClH/c1-3-10-7-14-12(17-10)15-11(16)9-4-5-13-8(2)6-9;/h7-9,13H,3-6H2,1-2H3,(H,14,15,16);1H/t8-,9-;/m0./s1. The molecule has 0 aromatic carbocycles. The third kappa shape index (κ3) is 3.93. The Morgan fingerprint density at radius 1 is 1.67 bits per heavy atom. The summed E-state index contributed by atoms with van der Waals surface area (Å²) in [5.74, 6) is 0.246. The van der Waals surface area contributed by atoms with Crippen LogP contribution < -0.4 is 10.6 Å². The Kier molecular flexibility index (Phi) is 6.05. The van der Waals surface area contributed by atoms with Gasteiger partial charge in [-0.2, -0.15) is 0 Å². The van der Waals surface area contributed by atoms with Gasteiger partial charge in [0.1, 0.15) is 0 Å². The van der Waals surface area contributed by atoms with Crippen molar-refractivity contribution < 1.29 is 4.79 Å². The largest absolute Gasteiger partial charge is 0.314 e. The summed E-state index contributed by atoms with van der Waals surface area (Å²) < 4.78 is 0. The van der Waals surface area contributed by atoms with Crippen molar-refractivity contribution in [2.75, 3.05) is 11.9 Å². The minimum absolute atomic E-state index is 0. The average molecular weight is 290 g/mol. The molecule has 2 atom stereocenters. The molecule has 2 N–H and O–H groups in total. The highest BCUT2D eigenvalue weighted by Gasteiger charge is 2.25. The number of rotatable bonds is 3. The number of aromatic nitrogens is 1. The highest BCUT2D eigenvalue weighted by Crippen LogP contribution is 2.22. The topological polar surface area (TPSA) is 54.0 Å². The van der Waals surface area contributed by atoms with Crippen molar-refractivity contribution >= 4 is 34.8 Å². The van der Waals surface area contributed by atoms with Gasteiger partial charge < -0.3 is 10.6 Å². The fourth-order valence-electron chi connectivity index (χ4n) is 2.11. The predicted octanol–water partition coefficient (Wildman–Crippen LogP) is 2.45. The quantitative estimate of drug-likeness (QED) is 0.899. The third-order valence-electron chi connectivity index (χ3n) is 3.13. The van der Waals surface area contributed by atoms with Crippen LogP contribution in [0.2, 0.25) is 0 Å². The lowest BCUT2D eigenvalue weighted by Gasteiger charge is -2.26. The van der Waals surface area contributed by atoms with E-state index in [4.69, 9.17) is 0 Å². The summed E-state index contributed by atoms with van der Waals surface area (Å²) in [7, 11) is 0. The fourth-order valence-corrected chi connectivity index (χ4v) is 2.86. The number of thiazole rings is 1. The summed E-state index contributed by atoms with van der Waals surface area (Å²) in [5, 5.41) is 7.01. The second-order valence-electron chi connectivity index (χ2n) is 4.55. The van der Waals surface area contributed by atoms with Gasteiger partial charge in [0.25, 0.3) is 0 Å². The molecule has 6 heteroatoms. The van der Waals surface area contributed by atoms with Gasteiger partial charge >= 0.3 is 0 Å². The molecule has 0 saturated carbocycles. The van der Waals surface area contributed by atoms with Crippen LogP contribution in [0.4, 0.5) is 5.13 Å². The van der Waals surface area contributed by atoms with Crippen LogP contribution in [0.25, 0.3) is 0 Å². The van der Waals surface area contributed by atoms with Gasteiger partial charge in [-0.1, -0.05) is 6.92 Å². The van der Waals surface area contributed by atoms with Crippen LogP contribution in [0.15, 0.2) is 6.20 Å². The predicted molar refractivity (Wildman–Crippen MR) is 77.6 cm³/mol. The molecule has 0 radical (unpaired) electrons. The van der Waals surface area contributed by atoms with Crippen LogP contribution in [0.5, 0.6) is 0 Å². The SMILES string of the molecule is CCc1cnc(NC(=O)[C@H]2CCN[C@@H](C)C2)s1.Cl. The van der Waals surface area contributed by atoms with Gasteiger partial charge in [0.2, 0.25) is 5.91 Å². The highest BCUT2D eigenvalue weighted by atomic mass is 35.5. The zero-order chi connectivity index (χ0) is 12.3. The molecule has 18 heavy (non-hydrogen) atoms. The Labute approximate surface area is 118 Å². The van der Waals surface area contributed by atoms with Crippen LogP contribution in [0.1, 0.15) is 31.6 Å². The first-order valence-corrected chi connectivity index (χ1v) is 6.99. The first-order chi connectivity index (χ1) is 8.19. The molecule has 1 aliphatic heterocycles. The first kappa shape index (κ1) is 15.4. The molecule has 1 aromatic heterocycles. The number of hydrogen-bond acceptors (Lipinski definition) is 4. The van der Waals surface area contributed by atoms with Gasteiger partial charge in [-0.25, -0.2) is 4.98 Å². The monoisotopic (exact) mass is 289 g/mol. The lowest BCUT2D eigenvalue weighted by Crippen LogP contribution is -2.40. The van der Waals surface area contributed by atoms with E-state index in [-0.39, 0.29) is 24.2 Å². The van der Waals surface area contributed by atoms with E-state index in [1.807, 2.05) is 6.20 Å². The Bertz CT molecular complexity index is 396. The van der Waals surface area contributed by atoms with E-state index in [0.717, 1.165) is 30.9 Å². The van der Waals surface area contributed by atoms with Crippen molar-refractivity contribution in [3.8, 4) is 0 Å². The summed E-state index contributed by atoms with van der Waals surface area (Å²) in [6.45, 7) is 5.14. The number of carbonyl (C=O) groups is 1. The molecule has 1 amide bonds. The number of anilines is 1. The maximum absolute atomic E-state index is 12.0. The summed E-state index contributed by atoms with van der Waals surface area (Å²) >= 11 is 1.57. The number of nitrogens with zero attached hydrogens (tertiary/aromatic N) is 1. The lowest BCUT2D eigenvalue weighted by atomic mass is 9.93.